The summed E-state index contributed by atoms with van der Waals surface area (Å²) < 4.78 is 16.6. The summed E-state index contributed by atoms with van der Waals surface area (Å²) in [5, 5.41) is 0. The van der Waals surface area contributed by atoms with Gasteiger partial charge in [0.15, 0.2) is 6.29 Å². The van der Waals surface area contributed by atoms with Crippen molar-refractivity contribution < 1.29 is 14.2 Å². The molecule has 0 amide bonds. The summed E-state index contributed by atoms with van der Waals surface area (Å²) in [5.74, 6) is 6.30. The third-order valence-corrected chi connectivity index (χ3v) is 3.19. The Balaban J connectivity index is 2.96. The molecule has 0 aromatic rings. The van der Waals surface area contributed by atoms with Crippen LogP contribution in [-0.4, -0.2) is 32.2 Å². The van der Waals surface area contributed by atoms with Crippen LogP contribution in [0.1, 0.15) is 27.2 Å². The second-order valence-electron chi connectivity index (χ2n) is 3.83. The van der Waals surface area contributed by atoms with E-state index >= 15 is 0 Å². The van der Waals surface area contributed by atoms with Crippen LogP contribution in [0.25, 0.3) is 0 Å². The second-order valence-corrected chi connectivity index (χ2v) is 3.83. The average Bonchev–Trinajstić information content (AvgIpc) is 2.53. The first-order valence-corrected chi connectivity index (χ1v) is 5.32. The minimum absolute atomic E-state index is 0.0456. The summed E-state index contributed by atoms with van der Waals surface area (Å²) in [6, 6.07) is 0. The van der Waals surface area contributed by atoms with Gasteiger partial charge in [0.1, 0.15) is 11.7 Å². The molecule has 0 aromatic heterocycles. The molecule has 2 unspecified atom stereocenters. The molecule has 0 bridgehead atoms. The highest BCUT2D eigenvalue weighted by molar-refractivity contribution is 5.19. The van der Waals surface area contributed by atoms with Crippen LogP contribution in [-0.2, 0) is 14.2 Å². The lowest BCUT2D eigenvalue weighted by Gasteiger charge is -2.26. The SMILES string of the molecule is CC#C[C@]1(CC)O[C@@H](OC)C(OC)C1C. The van der Waals surface area contributed by atoms with Crippen molar-refractivity contribution in [1.29, 1.82) is 0 Å². The summed E-state index contributed by atoms with van der Waals surface area (Å²) in [7, 11) is 3.32. The van der Waals surface area contributed by atoms with Crippen LogP contribution in [0.2, 0.25) is 0 Å². The lowest BCUT2D eigenvalue weighted by Crippen LogP contribution is -2.35. The van der Waals surface area contributed by atoms with Crippen molar-refractivity contribution in [2.24, 2.45) is 5.92 Å². The van der Waals surface area contributed by atoms with E-state index in [1.165, 1.54) is 0 Å². The topological polar surface area (TPSA) is 27.7 Å². The van der Waals surface area contributed by atoms with Gasteiger partial charge in [-0.2, -0.15) is 0 Å². The number of methoxy groups -OCH3 is 2. The zero-order chi connectivity index (χ0) is 11.5. The number of ether oxygens (including phenoxy) is 3. The molecule has 0 radical (unpaired) electrons. The largest absolute Gasteiger partial charge is 0.376 e. The van der Waals surface area contributed by atoms with E-state index in [0.717, 1.165) is 6.42 Å². The minimum Gasteiger partial charge on any atom is -0.376 e. The fourth-order valence-corrected chi connectivity index (χ4v) is 2.23. The van der Waals surface area contributed by atoms with E-state index in [1.54, 1.807) is 14.2 Å². The van der Waals surface area contributed by atoms with Crippen molar-refractivity contribution in [2.45, 2.75) is 45.2 Å². The van der Waals surface area contributed by atoms with Crippen LogP contribution in [0.4, 0.5) is 0 Å². The Bertz CT molecular complexity index is 266. The molecule has 1 heterocycles. The Labute approximate surface area is 92.1 Å². The zero-order valence-electron chi connectivity index (χ0n) is 10.2. The van der Waals surface area contributed by atoms with Gasteiger partial charge in [-0.3, -0.25) is 0 Å². The van der Waals surface area contributed by atoms with Gasteiger partial charge in [0.25, 0.3) is 0 Å². The van der Waals surface area contributed by atoms with Gasteiger partial charge < -0.3 is 14.2 Å². The van der Waals surface area contributed by atoms with E-state index in [1.807, 2.05) is 6.92 Å². The van der Waals surface area contributed by atoms with E-state index in [4.69, 9.17) is 14.2 Å². The van der Waals surface area contributed by atoms with Gasteiger partial charge in [0, 0.05) is 20.1 Å². The first-order chi connectivity index (χ1) is 7.15. The zero-order valence-corrected chi connectivity index (χ0v) is 10.2. The van der Waals surface area contributed by atoms with Crippen LogP contribution in [0, 0.1) is 17.8 Å². The summed E-state index contributed by atoms with van der Waals surface area (Å²) >= 11 is 0. The Kier molecular flexibility index (Phi) is 4.15. The number of hydrogen-bond donors (Lipinski definition) is 0. The fourth-order valence-electron chi connectivity index (χ4n) is 2.23. The molecule has 15 heavy (non-hydrogen) atoms. The Morgan fingerprint density at radius 1 is 1.33 bits per heavy atom. The van der Waals surface area contributed by atoms with Gasteiger partial charge in [-0.1, -0.05) is 19.8 Å². The molecule has 1 rings (SSSR count). The third-order valence-electron chi connectivity index (χ3n) is 3.19. The monoisotopic (exact) mass is 212 g/mol. The Morgan fingerprint density at radius 3 is 2.33 bits per heavy atom. The van der Waals surface area contributed by atoms with Gasteiger partial charge in [0.05, 0.1) is 0 Å². The maximum absolute atomic E-state index is 5.88. The van der Waals surface area contributed by atoms with E-state index in [2.05, 4.69) is 25.7 Å². The van der Waals surface area contributed by atoms with Crippen molar-refractivity contribution in [3.8, 4) is 11.8 Å². The van der Waals surface area contributed by atoms with E-state index in [-0.39, 0.29) is 18.3 Å². The Hall–Kier alpha value is -0.560. The van der Waals surface area contributed by atoms with Crippen LogP contribution >= 0.6 is 0 Å². The molecule has 1 aliphatic heterocycles. The molecule has 0 saturated carbocycles. The normalized spacial score (nSPS) is 39.9. The van der Waals surface area contributed by atoms with Crippen LogP contribution < -0.4 is 0 Å². The average molecular weight is 212 g/mol. The highest BCUT2D eigenvalue weighted by Crippen LogP contribution is 2.39. The molecule has 0 aromatic carbocycles. The number of hydrogen-bond acceptors (Lipinski definition) is 3. The highest BCUT2D eigenvalue weighted by atomic mass is 16.7. The van der Waals surface area contributed by atoms with Crippen LogP contribution in [0.15, 0.2) is 0 Å². The summed E-state index contributed by atoms with van der Waals surface area (Å²) in [5.41, 5.74) is -0.421. The molecular formula is C12H20O3. The predicted molar refractivity (Wildman–Crippen MR) is 58.3 cm³/mol. The van der Waals surface area contributed by atoms with E-state index in [9.17, 15) is 0 Å². The van der Waals surface area contributed by atoms with Crippen LogP contribution in [0.3, 0.4) is 0 Å². The van der Waals surface area contributed by atoms with Gasteiger partial charge in [-0.25, -0.2) is 0 Å². The molecule has 4 atom stereocenters. The van der Waals surface area contributed by atoms with Crippen molar-refractivity contribution in [3.05, 3.63) is 0 Å². The van der Waals surface area contributed by atoms with Crippen LogP contribution in [0.5, 0.6) is 0 Å². The Morgan fingerprint density at radius 2 is 2.00 bits per heavy atom. The smallest absolute Gasteiger partial charge is 0.185 e. The fraction of sp³-hybridized carbons (Fsp3) is 0.833. The van der Waals surface area contributed by atoms with E-state index < -0.39 is 5.60 Å². The van der Waals surface area contributed by atoms with Crippen molar-refractivity contribution in [3.63, 3.8) is 0 Å². The lowest BCUT2D eigenvalue weighted by atomic mass is 9.85. The standard InChI is InChI=1S/C12H20O3/c1-6-8-12(7-2)9(3)10(13-4)11(14-5)15-12/h9-11H,7H2,1-5H3/t9?,10?,11-,12+/m1/s1. The van der Waals surface area contributed by atoms with Crippen molar-refractivity contribution >= 4 is 0 Å². The first kappa shape index (κ1) is 12.5. The summed E-state index contributed by atoms with van der Waals surface area (Å²) in [6.07, 6.45) is 0.482. The molecule has 86 valence electrons. The third kappa shape index (κ3) is 2.03. The van der Waals surface area contributed by atoms with Gasteiger partial charge in [0.2, 0.25) is 0 Å². The minimum atomic E-state index is -0.421. The molecule has 1 aliphatic rings. The predicted octanol–water partition coefficient (Wildman–Crippen LogP) is 1.81. The quantitative estimate of drug-likeness (QED) is 0.668. The van der Waals surface area contributed by atoms with Crippen molar-refractivity contribution in [1.82, 2.24) is 0 Å². The summed E-state index contributed by atoms with van der Waals surface area (Å²) in [4.78, 5) is 0. The maximum Gasteiger partial charge on any atom is 0.185 e. The molecular weight excluding hydrogens is 192 g/mol. The maximum atomic E-state index is 5.88. The van der Waals surface area contributed by atoms with E-state index in [0.29, 0.717) is 0 Å². The molecule has 1 fully saturated rings. The van der Waals surface area contributed by atoms with Gasteiger partial charge in [-0.15, -0.1) is 5.92 Å². The lowest BCUT2D eigenvalue weighted by molar-refractivity contribution is -0.168. The summed E-state index contributed by atoms with van der Waals surface area (Å²) in [6.45, 7) is 6.00. The van der Waals surface area contributed by atoms with Crippen molar-refractivity contribution in [2.75, 3.05) is 14.2 Å². The molecule has 0 aliphatic carbocycles. The number of rotatable bonds is 3. The molecule has 3 nitrogen and oxygen atoms in total. The molecule has 0 N–H and O–H groups in total. The first-order valence-electron chi connectivity index (χ1n) is 5.32. The van der Waals surface area contributed by atoms with Gasteiger partial charge >= 0.3 is 0 Å². The molecule has 0 spiro atoms. The highest BCUT2D eigenvalue weighted by Gasteiger charge is 2.51. The molecule has 1 saturated heterocycles. The van der Waals surface area contributed by atoms with Gasteiger partial charge in [-0.05, 0) is 13.3 Å². The molecule has 3 heteroatoms. The second kappa shape index (κ2) is 4.98.